The topological polar surface area (TPSA) is 23.5 Å². The predicted octanol–water partition coefficient (Wildman–Crippen LogP) is 3.54. The van der Waals surface area contributed by atoms with Gasteiger partial charge in [-0.3, -0.25) is 0 Å². The van der Waals surface area contributed by atoms with Gasteiger partial charge in [-0.1, -0.05) is 47.0 Å². The van der Waals surface area contributed by atoms with Crippen molar-refractivity contribution in [1.82, 2.24) is 4.90 Å². The van der Waals surface area contributed by atoms with Crippen molar-refractivity contribution in [3.8, 4) is 0 Å². The monoisotopic (exact) mass is 255 g/mol. The van der Waals surface area contributed by atoms with E-state index in [4.69, 9.17) is 0 Å². The highest BCUT2D eigenvalue weighted by atomic mass is 16.3. The summed E-state index contributed by atoms with van der Waals surface area (Å²) in [5, 5.41) is 9.84. The van der Waals surface area contributed by atoms with Gasteiger partial charge in [0.05, 0.1) is 0 Å². The van der Waals surface area contributed by atoms with Gasteiger partial charge in [0, 0.05) is 25.1 Å². The molecule has 18 heavy (non-hydrogen) atoms. The minimum atomic E-state index is 0.190. The molecule has 1 fully saturated rings. The molecule has 1 saturated carbocycles. The van der Waals surface area contributed by atoms with Gasteiger partial charge in [0.25, 0.3) is 0 Å². The normalized spacial score (nSPS) is 30.7. The van der Waals surface area contributed by atoms with Gasteiger partial charge in [0.2, 0.25) is 0 Å². The van der Waals surface area contributed by atoms with E-state index in [9.17, 15) is 5.11 Å². The van der Waals surface area contributed by atoms with Gasteiger partial charge in [-0.05, 0) is 31.2 Å². The molecule has 1 aliphatic carbocycles. The average molecular weight is 255 g/mol. The Morgan fingerprint density at radius 1 is 1.28 bits per heavy atom. The Balaban J connectivity index is 2.54. The van der Waals surface area contributed by atoms with Crippen molar-refractivity contribution in [2.45, 2.75) is 59.8 Å². The van der Waals surface area contributed by atoms with Crippen LogP contribution in [0.4, 0.5) is 0 Å². The molecule has 1 unspecified atom stereocenters. The largest absolute Gasteiger partial charge is 0.396 e. The van der Waals surface area contributed by atoms with Gasteiger partial charge in [-0.25, -0.2) is 0 Å². The second kappa shape index (κ2) is 7.49. The smallest absolute Gasteiger partial charge is 0.0499 e. The number of rotatable bonds is 7. The van der Waals surface area contributed by atoms with E-state index in [0.29, 0.717) is 6.61 Å². The highest BCUT2D eigenvalue weighted by Gasteiger charge is 2.35. The van der Waals surface area contributed by atoms with Crippen molar-refractivity contribution in [3.05, 3.63) is 0 Å². The molecule has 1 rings (SSSR count). The molecular weight excluding hydrogens is 222 g/mol. The molecular formula is C16H33NO. The minimum absolute atomic E-state index is 0.190. The lowest BCUT2D eigenvalue weighted by Crippen LogP contribution is -2.43. The molecule has 0 saturated heterocycles. The molecule has 108 valence electrons. The number of aliphatic hydroxyl groups is 1. The maximum atomic E-state index is 9.84. The number of hydrogen-bond donors (Lipinski definition) is 1. The van der Waals surface area contributed by atoms with Crippen LogP contribution in [0.25, 0.3) is 0 Å². The maximum Gasteiger partial charge on any atom is 0.0499 e. The third kappa shape index (κ3) is 4.55. The van der Waals surface area contributed by atoms with Crippen molar-refractivity contribution in [3.63, 3.8) is 0 Å². The lowest BCUT2D eigenvalue weighted by atomic mass is 9.71. The quantitative estimate of drug-likeness (QED) is 0.752. The second-order valence-electron chi connectivity index (χ2n) is 6.68. The van der Waals surface area contributed by atoms with Gasteiger partial charge in [-0.2, -0.15) is 0 Å². The molecule has 1 atom stereocenters. The molecule has 0 aromatic rings. The first-order valence-corrected chi connectivity index (χ1v) is 7.88. The fraction of sp³-hybridized carbons (Fsp3) is 1.00. The summed E-state index contributed by atoms with van der Waals surface area (Å²) in [5.41, 5.74) is 0.190. The lowest BCUT2D eigenvalue weighted by molar-refractivity contribution is 0.0268. The molecule has 0 aliphatic heterocycles. The summed E-state index contributed by atoms with van der Waals surface area (Å²) in [5.74, 6) is 1.62. The molecule has 0 spiro atoms. The van der Waals surface area contributed by atoms with Crippen LogP contribution < -0.4 is 0 Å². The summed E-state index contributed by atoms with van der Waals surface area (Å²) in [7, 11) is 0. The zero-order valence-corrected chi connectivity index (χ0v) is 12.9. The number of aliphatic hydroxyl groups excluding tert-OH is 1. The van der Waals surface area contributed by atoms with Crippen LogP contribution >= 0.6 is 0 Å². The first-order chi connectivity index (χ1) is 8.55. The van der Waals surface area contributed by atoms with E-state index >= 15 is 0 Å². The zero-order chi connectivity index (χ0) is 13.6. The fourth-order valence-corrected chi connectivity index (χ4v) is 3.09. The Bertz CT molecular complexity index is 221. The van der Waals surface area contributed by atoms with Gasteiger partial charge in [-0.15, -0.1) is 0 Å². The second-order valence-corrected chi connectivity index (χ2v) is 6.68. The first kappa shape index (κ1) is 16.0. The Morgan fingerprint density at radius 2 is 1.89 bits per heavy atom. The van der Waals surface area contributed by atoms with Crippen molar-refractivity contribution >= 4 is 0 Å². The van der Waals surface area contributed by atoms with E-state index in [1.807, 2.05) is 0 Å². The summed E-state index contributed by atoms with van der Waals surface area (Å²) in [6, 6.07) is 0. The number of nitrogens with zero attached hydrogens (tertiary/aromatic N) is 1. The van der Waals surface area contributed by atoms with Crippen LogP contribution in [0.3, 0.4) is 0 Å². The molecule has 0 radical (unpaired) electrons. The molecule has 0 amide bonds. The minimum Gasteiger partial charge on any atom is -0.396 e. The summed E-state index contributed by atoms with van der Waals surface area (Å²) < 4.78 is 0. The van der Waals surface area contributed by atoms with Crippen molar-refractivity contribution < 1.29 is 5.11 Å². The van der Waals surface area contributed by atoms with E-state index < -0.39 is 0 Å². The van der Waals surface area contributed by atoms with Crippen LogP contribution in [-0.4, -0.2) is 36.2 Å². The Labute approximate surface area is 114 Å². The fourth-order valence-electron chi connectivity index (χ4n) is 3.09. The molecule has 2 nitrogen and oxygen atoms in total. The van der Waals surface area contributed by atoms with Crippen LogP contribution in [0.2, 0.25) is 0 Å². The van der Waals surface area contributed by atoms with Crippen molar-refractivity contribution in [2.75, 3.05) is 26.2 Å². The van der Waals surface area contributed by atoms with E-state index in [1.165, 1.54) is 38.6 Å². The van der Waals surface area contributed by atoms with Crippen molar-refractivity contribution in [2.24, 2.45) is 17.3 Å². The summed E-state index contributed by atoms with van der Waals surface area (Å²) >= 11 is 0. The van der Waals surface area contributed by atoms with E-state index in [1.54, 1.807) is 0 Å². The predicted molar refractivity (Wildman–Crippen MR) is 78.7 cm³/mol. The van der Waals surface area contributed by atoms with Crippen LogP contribution in [0.5, 0.6) is 0 Å². The molecule has 1 aliphatic rings. The highest BCUT2D eigenvalue weighted by molar-refractivity contribution is 4.87. The summed E-state index contributed by atoms with van der Waals surface area (Å²) in [6.45, 7) is 13.0. The van der Waals surface area contributed by atoms with Crippen LogP contribution in [-0.2, 0) is 0 Å². The van der Waals surface area contributed by atoms with Crippen molar-refractivity contribution in [1.29, 1.82) is 0 Å². The Kier molecular flexibility index (Phi) is 6.65. The van der Waals surface area contributed by atoms with Gasteiger partial charge < -0.3 is 10.0 Å². The van der Waals surface area contributed by atoms with Gasteiger partial charge >= 0.3 is 0 Å². The molecule has 2 heteroatoms. The van der Waals surface area contributed by atoms with E-state index in [-0.39, 0.29) is 5.41 Å². The van der Waals surface area contributed by atoms with Crippen LogP contribution in [0, 0.1) is 17.3 Å². The van der Waals surface area contributed by atoms with Crippen LogP contribution in [0.1, 0.15) is 59.8 Å². The van der Waals surface area contributed by atoms with E-state index in [0.717, 1.165) is 24.9 Å². The van der Waals surface area contributed by atoms with Crippen LogP contribution in [0.15, 0.2) is 0 Å². The maximum absolute atomic E-state index is 9.84. The molecule has 0 bridgehead atoms. The zero-order valence-electron chi connectivity index (χ0n) is 12.9. The standard InChI is InChI=1S/C16H33NO/c1-5-14(3)11-17(6-2)12-16(13-18)9-7-15(4)8-10-16/h14-15,18H,5-13H2,1-4H3. The third-order valence-electron chi connectivity index (χ3n) is 4.94. The Morgan fingerprint density at radius 3 is 2.33 bits per heavy atom. The molecule has 1 N–H and O–H groups in total. The highest BCUT2D eigenvalue weighted by Crippen LogP contribution is 2.39. The summed E-state index contributed by atoms with van der Waals surface area (Å²) in [4.78, 5) is 2.56. The summed E-state index contributed by atoms with van der Waals surface area (Å²) in [6.07, 6.45) is 6.26. The van der Waals surface area contributed by atoms with E-state index in [2.05, 4.69) is 32.6 Å². The molecule has 0 aromatic carbocycles. The molecule has 0 aromatic heterocycles. The third-order valence-corrected chi connectivity index (χ3v) is 4.94. The first-order valence-electron chi connectivity index (χ1n) is 7.88. The molecule has 0 heterocycles. The Hall–Kier alpha value is -0.0800. The lowest BCUT2D eigenvalue weighted by Gasteiger charge is -2.42. The SMILES string of the molecule is CCC(C)CN(CC)CC1(CO)CCC(C)CC1. The van der Waals surface area contributed by atoms with Gasteiger partial charge in [0.15, 0.2) is 0 Å². The average Bonchev–Trinajstić information content (AvgIpc) is 2.40. The van der Waals surface area contributed by atoms with Gasteiger partial charge in [0.1, 0.15) is 0 Å². The number of hydrogen-bond acceptors (Lipinski definition) is 2.